The average Bonchev–Trinajstić information content (AvgIpc) is 2.75. The number of rotatable bonds is 5. The minimum absolute atomic E-state index is 0.00127. The molecule has 0 aliphatic carbocycles. The number of piperazine rings is 1. The van der Waals surface area contributed by atoms with Gasteiger partial charge in [0.25, 0.3) is 0 Å². The Morgan fingerprint density at radius 2 is 1.62 bits per heavy atom. The predicted octanol–water partition coefficient (Wildman–Crippen LogP) is 3.88. The molecule has 9 heteroatoms. The molecular formula is C25H39FN8. The van der Waals surface area contributed by atoms with Gasteiger partial charge in [-0.05, 0) is 73.2 Å². The Morgan fingerprint density at radius 1 is 0.971 bits per heavy atom. The second-order valence-corrected chi connectivity index (χ2v) is 11.1. The molecule has 8 nitrogen and oxygen atoms in total. The number of likely N-dealkylation sites (tertiary alicyclic amines) is 1. The molecule has 0 radical (unpaired) electrons. The third-order valence-electron chi connectivity index (χ3n) is 7.50. The summed E-state index contributed by atoms with van der Waals surface area (Å²) >= 11 is 0. The lowest BCUT2D eigenvalue weighted by molar-refractivity contribution is -0.00778. The highest BCUT2D eigenvalue weighted by atomic mass is 19.1. The fraction of sp³-hybridized carbons (Fsp3) is 0.640. The number of pyridine rings is 1. The lowest BCUT2D eigenvalue weighted by Crippen LogP contribution is -2.61. The van der Waals surface area contributed by atoms with Crippen LogP contribution in [-0.4, -0.2) is 82.1 Å². The lowest BCUT2D eigenvalue weighted by Gasteiger charge is -2.53. The van der Waals surface area contributed by atoms with Gasteiger partial charge in [-0.15, -0.1) is 0 Å². The molecule has 4 rings (SSSR count). The summed E-state index contributed by atoms with van der Waals surface area (Å²) in [5.74, 6) is 1.15. The number of hydrogen-bond acceptors (Lipinski definition) is 8. The van der Waals surface area contributed by atoms with Gasteiger partial charge in [0.1, 0.15) is 5.82 Å². The third kappa shape index (κ3) is 5.25. The molecule has 34 heavy (non-hydrogen) atoms. The smallest absolute Gasteiger partial charge is 0.229 e. The van der Waals surface area contributed by atoms with E-state index >= 15 is 0 Å². The van der Waals surface area contributed by atoms with Crippen LogP contribution in [0.4, 0.5) is 27.7 Å². The summed E-state index contributed by atoms with van der Waals surface area (Å²) < 4.78 is 14.6. The van der Waals surface area contributed by atoms with Crippen molar-refractivity contribution in [2.75, 3.05) is 55.8 Å². The predicted molar refractivity (Wildman–Crippen MR) is 137 cm³/mol. The van der Waals surface area contributed by atoms with E-state index in [0.717, 1.165) is 56.1 Å². The van der Waals surface area contributed by atoms with Crippen molar-refractivity contribution >= 4 is 23.3 Å². The number of nitrogens with one attached hydrogen (secondary N) is 2. The van der Waals surface area contributed by atoms with Crippen molar-refractivity contribution in [3.63, 3.8) is 0 Å². The molecule has 0 spiro atoms. The van der Waals surface area contributed by atoms with E-state index in [1.54, 1.807) is 6.20 Å². The maximum atomic E-state index is 14.6. The SMILES string of the molecule is Cc1cc(Nc2ncc(F)c(NC3CC(C)(C)N(C)C(C)(C)C3)n2)cnc1N1CCN(C)CC1. The van der Waals surface area contributed by atoms with Crippen molar-refractivity contribution < 1.29 is 4.39 Å². The van der Waals surface area contributed by atoms with Crippen LogP contribution in [0.15, 0.2) is 18.5 Å². The lowest BCUT2D eigenvalue weighted by atomic mass is 9.77. The number of halogens is 1. The van der Waals surface area contributed by atoms with Crippen LogP contribution in [0, 0.1) is 12.7 Å². The summed E-state index contributed by atoms with van der Waals surface area (Å²) in [5.41, 5.74) is 1.87. The van der Waals surface area contributed by atoms with Gasteiger partial charge < -0.3 is 20.4 Å². The molecule has 2 aliphatic heterocycles. The second kappa shape index (κ2) is 9.26. The third-order valence-corrected chi connectivity index (χ3v) is 7.50. The minimum atomic E-state index is -0.445. The van der Waals surface area contributed by atoms with Crippen LogP contribution in [0.5, 0.6) is 0 Å². The average molecular weight is 471 g/mol. The largest absolute Gasteiger partial charge is 0.365 e. The molecule has 2 fully saturated rings. The molecular weight excluding hydrogens is 431 g/mol. The number of hydrogen-bond donors (Lipinski definition) is 2. The first-order valence-electron chi connectivity index (χ1n) is 12.1. The summed E-state index contributed by atoms with van der Waals surface area (Å²) in [7, 11) is 4.31. The van der Waals surface area contributed by atoms with Crippen LogP contribution in [0.25, 0.3) is 0 Å². The van der Waals surface area contributed by atoms with Crippen LogP contribution >= 0.6 is 0 Å². The summed E-state index contributed by atoms with van der Waals surface area (Å²) in [5, 5.41) is 6.56. The van der Waals surface area contributed by atoms with E-state index in [4.69, 9.17) is 4.98 Å². The number of aromatic nitrogens is 3. The highest BCUT2D eigenvalue weighted by Crippen LogP contribution is 2.38. The molecule has 0 unspecified atom stereocenters. The summed E-state index contributed by atoms with van der Waals surface area (Å²) in [4.78, 5) is 20.4. The molecule has 2 saturated heterocycles. The van der Waals surface area contributed by atoms with Crippen molar-refractivity contribution in [1.29, 1.82) is 0 Å². The van der Waals surface area contributed by atoms with E-state index in [1.165, 1.54) is 6.20 Å². The standard InChI is InChI=1S/C25H39FN8/c1-17-12-18(15-27-22(17)34-10-8-32(6)9-11-34)30-23-28-16-20(26)21(31-23)29-19-13-24(2,3)33(7)25(4,5)14-19/h12,15-16,19H,8-11,13-14H2,1-7H3,(H2,28,29,30,31). The molecule has 2 aliphatic rings. The van der Waals surface area contributed by atoms with Crippen LogP contribution < -0.4 is 15.5 Å². The highest BCUT2D eigenvalue weighted by Gasteiger charge is 2.43. The zero-order valence-corrected chi connectivity index (χ0v) is 21.6. The Morgan fingerprint density at radius 3 is 2.24 bits per heavy atom. The molecule has 0 atom stereocenters. The van der Waals surface area contributed by atoms with Gasteiger partial charge in [-0.1, -0.05) is 0 Å². The van der Waals surface area contributed by atoms with E-state index in [9.17, 15) is 4.39 Å². The first-order valence-corrected chi connectivity index (χ1v) is 12.1. The normalized spacial score (nSPS) is 21.5. The van der Waals surface area contributed by atoms with Crippen LogP contribution in [0.3, 0.4) is 0 Å². The summed E-state index contributed by atoms with van der Waals surface area (Å²) in [6, 6.07) is 2.16. The maximum absolute atomic E-state index is 14.6. The Labute approximate surface area is 203 Å². The molecule has 2 aromatic heterocycles. The van der Waals surface area contributed by atoms with Gasteiger partial charge in [0, 0.05) is 43.3 Å². The van der Waals surface area contributed by atoms with E-state index < -0.39 is 5.82 Å². The first-order chi connectivity index (χ1) is 15.9. The maximum Gasteiger partial charge on any atom is 0.229 e. The van der Waals surface area contributed by atoms with Gasteiger partial charge in [-0.2, -0.15) is 4.98 Å². The van der Waals surface area contributed by atoms with Gasteiger partial charge in [0.05, 0.1) is 18.1 Å². The van der Waals surface area contributed by atoms with Gasteiger partial charge in [-0.25, -0.2) is 14.4 Å². The molecule has 0 bridgehead atoms. The zero-order chi connectivity index (χ0) is 24.7. The number of anilines is 4. The highest BCUT2D eigenvalue weighted by molar-refractivity contribution is 5.59. The second-order valence-electron chi connectivity index (χ2n) is 11.1. The van der Waals surface area contributed by atoms with Crippen molar-refractivity contribution in [2.45, 2.75) is 64.6 Å². The quantitative estimate of drug-likeness (QED) is 0.682. The first kappa shape index (κ1) is 24.6. The van der Waals surface area contributed by atoms with E-state index in [2.05, 4.69) is 84.0 Å². The Balaban J connectivity index is 1.47. The van der Waals surface area contributed by atoms with Crippen molar-refractivity contribution in [2.24, 2.45) is 0 Å². The van der Waals surface area contributed by atoms with Gasteiger partial charge in [0.15, 0.2) is 11.6 Å². The Kier molecular flexibility index (Phi) is 6.70. The number of nitrogens with zero attached hydrogens (tertiary/aromatic N) is 6. The monoisotopic (exact) mass is 470 g/mol. The number of likely N-dealkylation sites (N-methyl/N-ethyl adjacent to an activating group) is 1. The van der Waals surface area contributed by atoms with Gasteiger partial charge in [-0.3, -0.25) is 4.90 Å². The zero-order valence-electron chi connectivity index (χ0n) is 21.6. The molecule has 2 aromatic rings. The van der Waals surface area contributed by atoms with E-state index in [-0.39, 0.29) is 22.9 Å². The summed E-state index contributed by atoms with van der Waals surface area (Å²) in [6.45, 7) is 15.0. The van der Waals surface area contributed by atoms with Gasteiger partial charge in [0.2, 0.25) is 5.95 Å². The van der Waals surface area contributed by atoms with E-state index in [0.29, 0.717) is 5.95 Å². The molecule has 0 saturated carbocycles. The Bertz CT molecular complexity index is 998. The number of piperidine rings is 1. The molecule has 0 amide bonds. The number of aryl methyl sites for hydroxylation is 1. The molecule has 0 aromatic carbocycles. The topological polar surface area (TPSA) is 72.4 Å². The molecule has 2 N–H and O–H groups in total. The minimum Gasteiger partial charge on any atom is -0.365 e. The Hall–Kier alpha value is -2.52. The van der Waals surface area contributed by atoms with Crippen molar-refractivity contribution in [3.8, 4) is 0 Å². The summed E-state index contributed by atoms with van der Waals surface area (Å²) in [6.07, 6.45) is 4.82. The van der Waals surface area contributed by atoms with Crippen molar-refractivity contribution in [1.82, 2.24) is 24.8 Å². The van der Waals surface area contributed by atoms with Crippen LogP contribution in [0.2, 0.25) is 0 Å². The fourth-order valence-corrected chi connectivity index (χ4v) is 5.31. The fourth-order valence-electron chi connectivity index (χ4n) is 5.31. The van der Waals surface area contributed by atoms with Crippen LogP contribution in [-0.2, 0) is 0 Å². The van der Waals surface area contributed by atoms with Crippen molar-refractivity contribution in [3.05, 3.63) is 29.8 Å². The molecule has 186 valence electrons. The van der Waals surface area contributed by atoms with Gasteiger partial charge >= 0.3 is 0 Å². The van der Waals surface area contributed by atoms with E-state index in [1.807, 2.05) is 6.07 Å². The molecule has 4 heterocycles. The van der Waals surface area contributed by atoms with Crippen LogP contribution in [0.1, 0.15) is 46.1 Å².